The van der Waals surface area contributed by atoms with Crippen LogP contribution in [-0.2, 0) is 4.74 Å². The number of nitrogens with one attached hydrogen (secondary N) is 2. The van der Waals surface area contributed by atoms with Crippen LogP contribution in [-0.4, -0.2) is 29.7 Å². The number of furan rings is 1. The molecule has 2 heterocycles. The number of carbonyl (C=O) groups is 2. The largest absolute Gasteiger partial charge is 0.462 e. The maximum atomic E-state index is 12.4. The van der Waals surface area contributed by atoms with Crippen molar-refractivity contribution in [2.24, 2.45) is 5.10 Å². The third-order valence-electron chi connectivity index (χ3n) is 3.73. The zero-order valence-electron chi connectivity index (χ0n) is 15.7. The molecule has 10 heteroatoms. The first kappa shape index (κ1) is 21.4. The fourth-order valence-corrected chi connectivity index (χ4v) is 2.74. The molecule has 0 saturated carbocycles. The summed E-state index contributed by atoms with van der Waals surface area (Å²) in [5.74, 6) is -1.00. The minimum atomic E-state index is -0.665. The van der Waals surface area contributed by atoms with Gasteiger partial charge < -0.3 is 14.5 Å². The van der Waals surface area contributed by atoms with E-state index in [-0.39, 0.29) is 28.8 Å². The van der Waals surface area contributed by atoms with Crippen molar-refractivity contribution >= 4 is 52.9 Å². The van der Waals surface area contributed by atoms with Gasteiger partial charge in [-0.15, -0.1) is 0 Å². The molecule has 2 N–H and O–H groups in total. The molecule has 30 heavy (non-hydrogen) atoms. The van der Waals surface area contributed by atoms with Gasteiger partial charge in [0, 0.05) is 23.1 Å². The van der Waals surface area contributed by atoms with Gasteiger partial charge in [0.2, 0.25) is 5.88 Å². The SMILES string of the molecule is CCOC(=O)c1c(Nc2ccc(Cl)cc2)oc(/C=N\NC(=O)c2cccnc2)c1Cl. The highest BCUT2D eigenvalue weighted by Gasteiger charge is 2.25. The zero-order valence-corrected chi connectivity index (χ0v) is 17.2. The fraction of sp³-hybridized carbons (Fsp3) is 0.100. The van der Waals surface area contributed by atoms with Crippen LogP contribution in [0.4, 0.5) is 11.6 Å². The Morgan fingerprint density at radius 2 is 2.00 bits per heavy atom. The van der Waals surface area contributed by atoms with Crippen molar-refractivity contribution in [3.63, 3.8) is 0 Å². The molecule has 2 aromatic heterocycles. The molecular formula is C20H16Cl2N4O4. The molecule has 0 aliphatic rings. The fourth-order valence-electron chi connectivity index (χ4n) is 2.36. The Morgan fingerprint density at radius 3 is 2.67 bits per heavy atom. The van der Waals surface area contributed by atoms with E-state index in [1.165, 1.54) is 12.4 Å². The first-order valence-corrected chi connectivity index (χ1v) is 9.50. The monoisotopic (exact) mass is 446 g/mol. The molecule has 0 unspecified atom stereocenters. The third kappa shape index (κ3) is 5.16. The van der Waals surface area contributed by atoms with Gasteiger partial charge in [-0.2, -0.15) is 5.10 Å². The number of hydrogen-bond donors (Lipinski definition) is 2. The molecule has 0 bridgehead atoms. The Balaban J connectivity index is 1.84. The number of hydrazone groups is 1. The van der Waals surface area contributed by atoms with Crippen molar-refractivity contribution in [1.29, 1.82) is 0 Å². The van der Waals surface area contributed by atoms with Crippen LogP contribution >= 0.6 is 23.2 Å². The van der Waals surface area contributed by atoms with Crippen molar-refractivity contribution in [1.82, 2.24) is 10.4 Å². The molecule has 0 fully saturated rings. The van der Waals surface area contributed by atoms with Crippen molar-refractivity contribution in [3.8, 4) is 0 Å². The number of esters is 1. The third-order valence-corrected chi connectivity index (χ3v) is 4.36. The standard InChI is InChI=1S/C20H16Cl2N4O4/c1-2-29-20(28)16-17(22)15(11-24-26-18(27)12-4-3-9-23-10-12)30-19(16)25-14-7-5-13(21)6-8-14/h3-11,25H,2H2,1H3,(H,26,27)/b24-11-. The van der Waals surface area contributed by atoms with E-state index in [0.29, 0.717) is 16.3 Å². The van der Waals surface area contributed by atoms with Crippen LogP contribution in [0.25, 0.3) is 0 Å². The average molecular weight is 447 g/mol. The molecule has 0 aliphatic carbocycles. The Kier molecular flexibility index (Phi) is 7.05. The predicted molar refractivity (Wildman–Crippen MR) is 114 cm³/mol. The lowest BCUT2D eigenvalue weighted by Gasteiger charge is -2.06. The topological polar surface area (TPSA) is 106 Å². The summed E-state index contributed by atoms with van der Waals surface area (Å²) < 4.78 is 10.7. The molecule has 0 radical (unpaired) electrons. The number of aromatic nitrogens is 1. The van der Waals surface area contributed by atoms with Crippen molar-refractivity contribution in [2.45, 2.75) is 6.92 Å². The number of halogens is 2. The first-order valence-electron chi connectivity index (χ1n) is 8.75. The van der Waals surface area contributed by atoms with Gasteiger partial charge in [-0.25, -0.2) is 10.2 Å². The lowest BCUT2D eigenvalue weighted by atomic mass is 10.2. The van der Waals surface area contributed by atoms with E-state index in [4.69, 9.17) is 32.4 Å². The molecule has 0 saturated heterocycles. The maximum absolute atomic E-state index is 12.4. The van der Waals surface area contributed by atoms with Crippen LogP contribution in [0.15, 0.2) is 58.3 Å². The van der Waals surface area contributed by atoms with E-state index < -0.39 is 11.9 Å². The van der Waals surface area contributed by atoms with Crippen molar-refractivity contribution in [3.05, 3.63) is 75.7 Å². The number of anilines is 2. The van der Waals surface area contributed by atoms with Crippen molar-refractivity contribution in [2.75, 3.05) is 11.9 Å². The number of ether oxygens (including phenoxy) is 1. The number of benzene rings is 1. The number of pyridine rings is 1. The van der Waals surface area contributed by atoms with E-state index in [0.717, 1.165) is 0 Å². The highest BCUT2D eigenvalue weighted by molar-refractivity contribution is 6.36. The normalized spacial score (nSPS) is 10.8. The molecule has 3 aromatic rings. The Hall–Kier alpha value is -3.36. The molecule has 1 amide bonds. The number of amides is 1. The van der Waals surface area contributed by atoms with E-state index in [1.54, 1.807) is 49.5 Å². The van der Waals surface area contributed by atoms with E-state index in [1.807, 2.05) is 0 Å². The van der Waals surface area contributed by atoms with Crippen LogP contribution in [0.5, 0.6) is 0 Å². The number of carbonyl (C=O) groups excluding carboxylic acids is 2. The summed E-state index contributed by atoms with van der Waals surface area (Å²) in [4.78, 5) is 28.3. The quantitative estimate of drug-likeness (QED) is 0.310. The van der Waals surface area contributed by atoms with Gasteiger partial charge in [-0.3, -0.25) is 9.78 Å². The highest BCUT2D eigenvalue weighted by atomic mass is 35.5. The van der Waals surface area contributed by atoms with Crippen LogP contribution < -0.4 is 10.7 Å². The van der Waals surface area contributed by atoms with Gasteiger partial charge in [0.15, 0.2) is 5.76 Å². The van der Waals surface area contributed by atoms with Gasteiger partial charge >= 0.3 is 5.97 Å². The Morgan fingerprint density at radius 1 is 1.23 bits per heavy atom. The molecule has 0 atom stereocenters. The summed E-state index contributed by atoms with van der Waals surface area (Å²) in [5.41, 5.74) is 3.29. The van der Waals surface area contributed by atoms with Crippen LogP contribution in [0, 0.1) is 0 Å². The van der Waals surface area contributed by atoms with Crippen LogP contribution in [0.1, 0.15) is 33.4 Å². The summed E-state index contributed by atoms with van der Waals surface area (Å²) in [5, 5.41) is 7.33. The van der Waals surface area contributed by atoms with Gasteiger partial charge in [-0.1, -0.05) is 23.2 Å². The number of hydrogen-bond acceptors (Lipinski definition) is 7. The minimum Gasteiger partial charge on any atom is -0.462 e. The maximum Gasteiger partial charge on any atom is 0.345 e. The summed E-state index contributed by atoms with van der Waals surface area (Å²) in [6.45, 7) is 1.83. The first-order chi connectivity index (χ1) is 14.5. The summed E-state index contributed by atoms with van der Waals surface area (Å²) in [6.07, 6.45) is 4.14. The van der Waals surface area contributed by atoms with Crippen molar-refractivity contribution < 1.29 is 18.7 Å². The van der Waals surface area contributed by atoms with Crippen LogP contribution in [0.2, 0.25) is 10.0 Å². The second kappa shape index (κ2) is 9.91. The van der Waals surface area contributed by atoms with E-state index in [2.05, 4.69) is 20.8 Å². The predicted octanol–water partition coefficient (Wildman–Crippen LogP) is 4.67. The highest BCUT2D eigenvalue weighted by Crippen LogP contribution is 2.34. The zero-order chi connectivity index (χ0) is 21.5. The minimum absolute atomic E-state index is 0.00787. The van der Waals surface area contributed by atoms with Gasteiger partial charge in [0.1, 0.15) is 10.6 Å². The molecular weight excluding hydrogens is 431 g/mol. The van der Waals surface area contributed by atoms with Gasteiger partial charge in [0.25, 0.3) is 5.91 Å². The van der Waals surface area contributed by atoms with E-state index >= 15 is 0 Å². The van der Waals surface area contributed by atoms with Gasteiger partial charge in [-0.05, 0) is 43.3 Å². The molecule has 0 spiro atoms. The smallest absolute Gasteiger partial charge is 0.345 e. The van der Waals surface area contributed by atoms with E-state index in [9.17, 15) is 9.59 Å². The second-order valence-electron chi connectivity index (χ2n) is 5.78. The summed E-state index contributed by atoms with van der Waals surface area (Å²) >= 11 is 12.2. The second-order valence-corrected chi connectivity index (χ2v) is 6.59. The average Bonchev–Trinajstić information content (AvgIpc) is 3.05. The molecule has 0 aliphatic heterocycles. The van der Waals surface area contributed by atoms with Gasteiger partial charge in [0.05, 0.1) is 18.4 Å². The summed E-state index contributed by atoms with van der Waals surface area (Å²) in [6, 6.07) is 9.97. The lowest BCUT2D eigenvalue weighted by Crippen LogP contribution is -2.17. The Labute approximate surface area is 181 Å². The van der Waals surface area contributed by atoms with Crippen LogP contribution in [0.3, 0.4) is 0 Å². The summed E-state index contributed by atoms with van der Waals surface area (Å²) in [7, 11) is 0. The Bertz CT molecular complexity index is 1070. The molecule has 154 valence electrons. The molecule has 1 aromatic carbocycles. The number of nitrogens with zero attached hydrogens (tertiary/aromatic N) is 2. The molecule has 3 rings (SSSR count). The molecule has 8 nitrogen and oxygen atoms in total. The lowest BCUT2D eigenvalue weighted by molar-refractivity contribution is 0.0527. The number of rotatable bonds is 7.